The molecule has 0 amide bonds. The maximum Gasteiger partial charge on any atom is 0.191 e. The number of aromatic amines is 1. The van der Waals surface area contributed by atoms with Crippen molar-refractivity contribution in [2.45, 2.75) is 53.2 Å². The second-order valence-electron chi connectivity index (χ2n) is 6.93. The van der Waals surface area contributed by atoms with Gasteiger partial charge >= 0.3 is 0 Å². The van der Waals surface area contributed by atoms with Crippen LogP contribution < -0.4 is 10.6 Å². The summed E-state index contributed by atoms with van der Waals surface area (Å²) < 4.78 is 0. The summed E-state index contributed by atoms with van der Waals surface area (Å²) in [5.74, 6) is 0.869. The quantitative estimate of drug-likeness (QED) is 0.509. The molecule has 0 radical (unpaired) electrons. The molecule has 1 heterocycles. The van der Waals surface area contributed by atoms with E-state index in [0.717, 1.165) is 36.8 Å². The SMILES string of the molecule is CCNC(=NCc1cc2ccccc2[nH]1)NCCN(C(C)C)C(C)C. The van der Waals surface area contributed by atoms with E-state index in [4.69, 9.17) is 4.99 Å². The Hall–Kier alpha value is -2.01. The summed E-state index contributed by atoms with van der Waals surface area (Å²) in [6, 6.07) is 11.6. The monoisotopic (exact) mass is 343 g/mol. The summed E-state index contributed by atoms with van der Waals surface area (Å²) in [6.07, 6.45) is 0. The molecule has 0 fully saturated rings. The number of para-hydroxylation sites is 1. The van der Waals surface area contributed by atoms with E-state index >= 15 is 0 Å². The lowest BCUT2D eigenvalue weighted by molar-refractivity contribution is 0.178. The molecule has 0 saturated heterocycles. The maximum atomic E-state index is 4.71. The number of benzene rings is 1. The van der Waals surface area contributed by atoms with Gasteiger partial charge in [0.05, 0.1) is 6.54 Å². The first-order valence-corrected chi connectivity index (χ1v) is 9.35. The number of guanidine groups is 1. The van der Waals surface area contributed by atoms with Gasteiger partial charge in [0.1, 0.15) is 0 Å². The lowest BCUT2D eigenvalue weighted by Gasteiger charge is -2.30. The number of rotatable bonds is 8. The van der Waals surface area contributed by atoms with Crippen LogP contribution in [0.5, 0.6) is 0 Å². The van der Waals surface area contributed by atoms with E-state index in [1.54, 1.807) is 0 Å². The second kappa shape index (κ2) is 9.47. The lowest BCUT2D eigenvalue weighted by Crippen LogP contribution is -2.45. The van der Waals surface area contributed by atoms with Gasteiger partial charge in [0.25, 0.3) is 0 Å². The number of hydrogen-bond acceptors (Lipinski definition) is 2. The van der Waals surface area contributed by atoms with Crippen molar-refractivity contribution in [3.8, 4) is 0 Å². The van der Waals surface area contributed by atoms with Crippen LogP contribution in [0, 0.1) is 0 Å². The number of aliphatic imine (C=N–C) groups is 1. The molecule has 25 heavy (non-hydrogen) atoms. The molecule has 2 aromatic rings. The molecular formula is C20H33N5. The minimum atomic E-state index is 0.549. The number of hydrogen-bond donors (Lipinski definition) is 3. The van der Waals surface area contributed by atoms with Gasteiger partial charge in [-0.25, -0.2) is 4.99 Å². The van der Waals surface area contributed by atoms with Gasteiger partial charge in [0.15, 0.2) is 5.96 Å². The normalized spacial score (nSPS) is 12.6. The second-order valence-corrected chi connectivity index (χ2v) is 6.93. The van der Waals surface area contributed by atoms with Crippen molar-refractivity contribution in [3.05, 3.63) is 36.0 Å². The number of nitrogens with one attached hydrogen (secondary N) is 3. The minimum absolute atomic E-state index is 0.549. The third kappa shape index (κ3) is 5.78. The Kier molecular flexibility index (Phi) is 7.31. The molecule has 5 heteroatoms. The predicted molar refractivity (Wildman–Crippen MR) is 108 cm³/mol. The molecule has 0 aliphatic heterocycles. The van der Waals surface area contributed by atoms with Crippen molar-refractivity contribution in [1.29, 1.82) is 0 Å². The average molecular weight is 344 g/mol. The van der Waals surface area contributed by atoms with Crippen LogP contribution in [-0.2, 0) is 6.54 Å². The van der Waals surface area contributed by atoms with E-state index in [-0.39, 0.29) is 0 Å². The summed E-state index contributed by atoms with van der Waals surface area (Å²) in [6.45, 7) is 14.5. The Morgan fingerprint density at radius 2 is 1.84 bits per heavy atom. The Balaban J connectivity index is 1.93. The highest BCUT2D eigenvalue weighted by Crippen LogP contribution is 2.15. The Bertz CT molecular complexity index is 631. The van der Waals surface area contributed by atoms with Gasteiger partial charge in [-0.1, -0.05) is 18.2 Å². The molecular weight excluding hydrogens is 310 g/mol. The highest BCUT2D eigenvalue weighted by atomic mass is 15.2. The molecule has 3 N–H and O–H groups in total. The lowest BCUT2D eigenvalue weighted by atomic mass is 10.2. The number of aromatic nitrogens is 1. The smallest absolute Gasteiger partial charge is 0.191 e. The minimum Gasteiger partial charge on any atom is -0.357 e. The van der Waals surface area contributed by atoms with Crippen LogP contribution in [0.2, 0.25) is 0 Å². The Labute approximate surface area is 151 Å². The Morgan fingerprint density at radius 3 is 2.48 bits per heavy atom. The van der Waals surface area contributed by atoms with Crippen LogP contribution in [0.1, 0.15) is 40.3 Å². The fraction of sp³-hybridized carbons (Fsp3) is 0.550. The van der Waals surface area contributed by atoms with Gasteiger partial charge in [0.2, 0.25) is 0 Å². The zero-order valence-electron chi connectivity index (χ0n) is 16.3. The highest BCUT2D eigenvalue weighted by molar-refractivity contribution is 5.81. The number of H-pyrrole nitrogens is 1. The molecule has 0 bridgehead atoms. The standard InChI is InChI=1S/C20H33N5/c1-6-21-20(22-11-12-25(15(2)3)16(4)5)23-14-18-13-17-9-7-8-10-19(17)24-18/h7-10,13,15-16,24H,6,11-12,14H2,1-5H3,(H2,21,22,23). The molecule has 0 unspecified atom stereocenters. The summed E-state index contributed by atoms with van der Waals surface area (Å²) in [5, 5.41) is 8.01. The van der Waals surface area contributed by atoms with Crippen molar-refractivity contribution in [1.82, 2.24) is 20.5 Å². The van der Waals surface area contributed by atoms with Gasteiger partial charge in [0, 0.05) is 42.9 Å². The van der Waals surface area contributed by atoms with Crippen LogP contribution in [0.25, 0.3) is 10.9 Å². The molecule has 1 aromatic carbocycles. The van der Waals surface area contributed by atoms with Crippen LogP contribution in [0.15, 0.2) is 35.3 Å². The van der Waals surface area contributed by atoms with Gasteiger partial charge in [-0.15, -0.1) is 0 Å². The van der Waals surface area contributed by atoms with Gasteiger partial charge in [-0.05, 0) is 52.1 Å². The molecule has 5 nitrogen and oxygen atoms in total. The van der Waals surface area contributed by atoms with E-state index in [2.05, 4.69) is 79.4 Å². The molecule has 0 atom stereocenters. The number of nitrogens with zero attached hydrogens (tertiary/aromatic N) is 2. The van der Waals surface area contributed by atoms with E-state index < -0.39 is 0 Å². The van der Waals surface area contributed by atoms with Crippen molar-refractivity contribution in [2.24, 2.45) is 4.99 Å². The van der Waals surface area contributed by atoms with Crippen molar-refractivity contribution >= 4 is 16.9 Å². The summed E-state index contributed by atoms with van der Waals surface area (Å²) in [4.78, 5) is 10.6. The van der Waals surface area contributed by atoms with Crippen LogP contribution in [0.4, 0.5) is 0 Å². The predicted octanol–water partition coefficient (Wildman–Crippen LogP) is 3.34. The first kappa shape index (κ1) is 19.3. The van der Waals surface area contributed by atoms with Crippen LogP contribution in [0.3, 0.4) is 0 Å². The van der Waals surface area contributed by atoms with E-state index in [1.165, 1.54) is 5.39 Å². The molecule has 2 rings (SSSR count). The maximum absolute atomic E-state index is 4.71. The fourth-order valence-corrected chi connectivity index (χ4v) is 3.14. The van der Waals surface area contributed by atoms with E-state index in [9.17, 15) is 0 Å². The molecule has 0 aliphatic carbocycles. The average Bonchev–Trinajstić information content (AvgIpc) is 2.98. The summed E-state index contributed by atoms with van der Waals surface area (Å²) in [7, 11) is 0. The van der Waals surface area contributed by atoms with Gasteiger partial charge in [-0.2, -0.15) is 0 Å². The van der Waals surface area contributed by atoms with Crippen molar-refractivity contribution in [3.63, 3.8) is 0 Å². The molecule has 0 saturated carbocycles. The largest absolute Gasteiger partial charge is 0.357 e. The van der Waals surface area contributed by atoms with E-state index in [1.807, 2.05) is 6.07 Å². The summed E-state index contributed by atoms with van der Waals surface area (Å²) >= 11 is 0. The van der Waals surface area contributed by atoms with Crippen LogP contribution >= 0.6 is 0 Å². The first-order chi connectivity index (χ1) is 12.0. The zero-order chi connectivity index (χ0) is 18.2. The zero-order valence-corrected chi connectivity index (χ0v) is 16.3. The third-order valence-corrected chi connectivity index (χ3v) is 4.33. The molecule has 1 aromatic heterocycles. The molecule has 0 spiro atoms. The molecule has 0 aliphatic rings. The number of fused-ring (bicyclic) bond motifs is 1. The summed E-state index contributed by atoms with van der Waals surface area (Å²) in [5.41, 5.74) is 2.29. The van der Waals surface area contributed by atoms with Gasteiger partial charge in [-0.3, -0.25) is 4.90 Å². The first-order valence-electron chi connectivity index (χ1n) is 9.35. The Morgan fingerprint density at radius 1 is 1.12 bits per heavy atom. The van der Waals surface area contributed by atoms with Crippen molar-refractivity contribution < 1.29 is 0 Å². The highest BCUT2D eigenvalue weighted by Gasteiger charge is 2.12. The van der Waals surface area contributed by atoms with E-state index in [0.29, 0.717) is 18.6 Å². The van der Waals surface area contributed by atoms with Crippen molar-refractivity contribution in [2.75, 3.05) is 19.6 Å². The molecule has 138 valence electrons. The topological polar surface area (TPSA) is 55.5 Å². The van der Waals surface area contributed by atoms with Crippen LogP contribution in [-0.4, -0.2) is 47.6 Å². The van der Waals surface area contributed by atoms with Gasteiger partial charge < -0.3 is 15.6 Å². The fourth-order valence-electron chi connectivity index (χ4n) is 3.14. The third-order valence-electron chi connectivity index (χ3n) is 4.33.